The Morgan fingerprint density at radius 3 is 3.00 bits per heavy atom. The quantitative estimate of drug-likeness (QED) is 0.817. The number of pyridine rings is 1. The minimum atomic E-state index is 0.473. The molecular formula is C11H12ClN5. The molecule has 17 heavy (non-hydrogen) atoms. The lowest BCUT2D eigenvalue weighted by atomic mass is 10.3. The molecule has 6 heteroatoms. The molecule has 0 unspecified atom stereocenters. The molecule has 2 N–H and O–H groups in total. The molecule has 1 aliphatic rings. The van der Waals surface area contributed by atoms with Crippen LogP contribution in [0.3, 0.4) is 0 Å². The number of halogens is 1. The van der Waals surface area contributed by atoms with E-state index in [-0.39, 0.29) is 0 Å². The fraction of sp³-hybridized carbons (Fsp3) is 0.364. The average Bonchev–Trinajstić information content (AvgIpc) is 3.06. The Bertz CT molecular complexity index is 503. The fourth-order valence-electron chi connectivity index (χ4n) is 1.54. The Labute approximate surface area is 104 Å². The SMILES string of the molecule is Clc1ccc(-c2nc(NCC3CC3)n[nH]2)cn1. The third kappa shape index (κ3) is 2.55. The van der Waals surface area contributed by atoms with E-state index >= 15 is 0 Å². The number of aromatic nitrogens is 4. The molecule has 2 aromatic rings. The van der Waals surface area contributed by atoms with Crippen molar-refractivity contribution in [1.82, 2.24) is 20.2 Å². The van der Waals surface area contributed by atoms with Crippen molar-refractivity contribution in [3.63, 3.8) is 0 Å². The number of H-pyrrole nitrogens is 1. The lowest BCUT2D eigenvalue weighted by Gasteiger charge is -1.97. The van der Waals surface area contributed by atoms with Crippen LogP contribution < -0.4 is 5.32 Å². The minimum Gasteiger partial charge on any atom is -0.353 e. The highest BCUT2D eigenvalue weighted by molar-refractivity contribution is 6.29. The van der Waals surface area contributed by atoms with Crippen molar-refractivity contribution < 1.29 is 0 Å². The van der Waals surface area contributed by atoms with E-state index in [1.807, 2.05) is 6.07 Å². The molecule has 5 nitrogen and oxygen atoms in total. The third-order valence-corrected chi connectivity index (χ3v) is 2.96. The Kier molecular flexibility index (Phi) is 2.68. The van der Waals surface area contributed by atoms with Crippen molar-refractivity contribution >= 4 is 17.5 Å². The molecule has 1 fully saturated rings. The number of hydrogen-bond donors (Lipinski definition) is 2. The molecule has 0 amide bonds. The summed E-state index contributed by atoms with van der Waals surface area (Å²) in [5.74, 6) is 2.14. The van der Waals surface area contributed by atoms with Crippen LogP contribution in [0.2, 0.25) is 5.15 Å². The largest absolute Gasteiger partial charge is 0.353 e. The maximum absolute atomic E-state index is 5.73. The topological polar surface area (TPSA) is 66.5 Å². The van der Waals surface area contributed by atoms with Gasteiger partial charge in [0.1, 0.15) is 5.15 Å². The van der Waals surface area contributed by atoms with Crippen molar-refractivity contribution in [2.45, 2.75) is 12.8 Å². The van der Waals surface area contributed by atoms with E-state index in [9.17, 15) is 0 Å². The lowest BCUT2D eigenvalue weighted by molar-refractivity contribution is 0.875. The lowest BCUT2D eigenvalue weighted by Crippen LogP contribution is -2.04. The van der Waals surface area contributed by atoms with Gasteiger partial charge >= 0.3 is 0 Å². The Morgan fingerprint density at radius 1 is 1.41 bits per heavy atom. The summed E-state index contributed by atoms with van der Waals surface area (Å²) < 4.78 is 0. The first-order chi connectivity index (χ1) is 8.31. The second kappa shape index (κ2) is 4.33. The summed E-state index contributed by atoms with van der Waals surface area (Å²) in [5.41, 5.74) is 0.876. The van der Waals surface area contributed by atoms with E-state index in [4.69, 9.17) is 11.6 Å². The van der Waals surface area contributed by atoms with Crippen LogP contribution in [0, 0.1) is 5.92 Å². The summed E-state index contributed by atoms with van der Waals surface area (Å²) >= 11 is 5.73. The Morgan fingerprint density at radius 2 is 2.29 bits per heavy atom. The van der Waals surface area contributed by atoms with Crippen LogP contribution >= 0.6 is 11.6 Å². The van der Waals surface area contributed by atoms with Gasteiger partial charge in [0.2, 0.25) is 5.95 Å². The fourth-order valence-corrected chi connectivity index (χ4v) is 1.66. The molecule has 1 saturated carbocycles. The van der Waals surface area contributed by atoms with Gasteiger partial charge < -0.3 is 5.32 Å². The Hall–Kier alpha value is -1.62. The molecule has 3 rings (SSSR count). The molecular weight excluding hydrogens is 238 g/mol. The van der Waals surface area contributed by atoms with Gasteiger partial charge in [-0.25, -0.2) is 4.98 Å². The van der Waals surface area contributed by atoms with Crippen LogP contribution in [0.4, 0.5) is 5.95 Å². The van der Waals surface area contributed by atoms with Crippen molar-refractivity contribution in [1.29, 1.82) is 0 Å². The predicted molar refractivity (Wildman–Crippen MR) is 65.8 cm³/mol. The van der Waals surface area contributed by atoms with Crippen molar-refractivity contribution in [3.8, 4) is 11.4 Å². The summed E-state index contributed by atoms with van der Waals surface area (Å²) in [5, 5.41) is 10.7. The van der Waals surface area contributed by atoms with Crippen LogP contribution in [-0.4, -0.2) is 26.7 Å². The van der Waals surface area contributed by atoms with Gasteiger partial charge in [-0.3, -0.25) is 5.10 Å². The number of nitrogens with one attached hydrogen (secondary N) is 2. The van der Waals surface area contributed by atoms with Crippen molar-refractivity contribution in [2.75, 3.05) is 11.9 Å². The monoisotopic (exact) mass is 249 g/mol. The summed E-state index contributed by atoms with van der Waals surface area (Å²) in [6.45, 7) is 0.955. The maximum Gasteiger partial charge on any atom is 0.242 e. The van der Waals surface area contributed by atoms with E-state index < -0.39 is 0 Å². The second-order valence-corrected chi connectivity index (χ2v) is 4.59. The van der Waals surface area contributed by atoms with Gasteiger partial charge in [0.05, 0.1) is 0 Å². The molecule has 2 heterocycles. The standard InChI is InChI=1S/C11H12ClN5/c12-9-4-3-8(6-13-9)10-15-11(17-16-10)14-5-7-1-2-7/h3-4,6-7H,1-2,5H2,(H2,14,15,16,17). The average molecular weight is 250 g/mol. The first-order valence-electron chi connectivity index (χ1n) is 5.59. The van der Waals surface area contributed by atoms with Crippen LogP contribution in [-0.2, 0) is 0 Å². The summed E-state index contributed by atoms with van der Waals surface area (Å²) in [6.07, 6.45) is 4.30. The highest BCUT2D eigenvalue weighted by atomic mass is 35.5. The first-order valence-corrected chi connectivity index (χ1v) is 5.97. The molecule has 2 aromatic heterocycles. The number of anilines is 1. The number of aromatic amines is 1. The van der Waals surface area contributed by atoms with Gasteiger partial charge in [-0.05, 0) is 30.9 Å². The van der Waals surface area contributed by atoms with Gasteiger partial charge in [0.25, 0.3) is 0 Å². The van der Waals surface area contributed by atoms with Crippen LogP contribution in [0.15, 0.2) is 18.3 Å². The maximum atomic E-state index is 5.73. The first kappa shape index (κ1) is 10.5. The molecule has 0 bridgehead atoms. The van der Waals surface area contributed by atoms with Crippen LogP contribution in [0.1, 0.15) is 12.8 Å². The number of hydrogen-bond acceptors (Lipinski definition) is 4. The molecule has 88 valence electrons. The van der Waals surface area contributed by atoms with Gasteiger partial charge in [-0.15, -0.1) is 5.10 Å². The molecule has 1 aliphatic carbocycles. The van der Waals surface area contributed by atoms with E-state index in [1.165, 1.54) is 12.8 Å². The molecule has 0 aromatic carbocycles. The third-order valence-electron chi connectivity index (χ3n) is 2.73. The molecule has 0 atom stereocenters. The van der Waals surface area contributed by atoms with Gasteiger partial charge in [-0.2, -0.15) is 4.98 Å². The van der Waals surface area contributed by atoms with E-state index in [2.05, 4.69) is 25.5 Å². The predicted octanol–water partition coefficient (Wildman–Crippen LogP) is 2.34. The zero-order valence-corrected chi connectivity index (χ0v) is 9.91. The normalized spacial score (nSPS) is 14.9. The molecule has 0 aliphatic heterocycles. The zero-order chi connectivity index (χ0) is 11.7. The van der Waals surface area contributed by atoms with Gasteiger partial charge in [0.15, 0.2) is 5.82 Å². The van der Waals surface area contributed by atoms with Gasteiger partial charge in [0, 0.05) is 18.3 Å². The minimum absolute atomic E-state index is 0.473. The van der Waals surface area contributed by atoms with Crippen molar-refractivity contribution in [3.05, 3.63) is 23.5 Å². The number of rotatable bonds is 4. The highest BCUT2D eigenvalue weighted by Gasteiger charge is 2.21. The molecule has 0 saturated heterocycles. The highest BCUT2D eigenvalue weighted by Crippen LogP contribution is 2.28. The molecule has 0 radical (unpaired) electrons. The van der Waals surface area contributed by atoms with Crippen LogP contribution in [0.25, 0.3) is 11.4 Å². The molecule has 0 spiro atoms. The van der Waals surface area contributed by atoms with E-state index in [1.54, 1.807) is 12.3 Å². The van der Waals surface area contributed by atoms with Gasteiger partial charge in [-0.1, -0.05) is 11.6 Å². The summed E-state index contributed by atoms with van der Waals surface area (Å²) in [6, 6.07) is 3.59. The van der Waals surface area contributed by atoms with Crippen molar-refractivity contribution in [2.24, 2.45) is 5.92 Å². The second-order valence-electron chi connectivity index (χ2n) is 4.20. The smallest absolute Gasteiger partial charge is 0.242 e. The van der Waals surface area contributed by atoms with Crippen LogP contribution in [0.5, 0.6) is 0 Å². The van der Waals surface area contributed by atoms with E-state index in [0.29, 0.717) is 16.9 Å². The summed E-state index contributed by atoms with van der Waals surface area (Å²) in [7, 11) is 0. The number of nitrogens with zero attached hydrogens (tertiary/aromatic N) is 3. The zero-order valence-electron chi connectivity index (χ0n) is 9.15. The summed E-state index contributed by atoms with van der Waals surface area (Å²) in [4.78, 5) is 8.36. The Balaban J connectivity index is 1.72. The van der Waals surface area contributed by atoms with E-state index in [0.717, 1.165) is 18.0 Å².